The Morgan fingerprint density at radius 1 is 1.42 bits per heavy atom. The predicted molar refractivity (Wildman–Crippen MR) is 103 cm³/mol. The van der Waals surface area contributed by atoms with Gasteiger partial charge in [0.1, 0.15) is 11.1 Å². The van der Waals surface area contributed by atoms with Crippen molar-refractivity contribution in [2.45, 2.75) is 39.3 Å². The summed E-state index contributed by atoms with van der Waals surface area (Å²) in [6.07, 6.45) is 2.53. The largest absolute Gasteiger partial charge is 0.375 e. The van der Waals surface area contributed by atoms with Crippen molar-refractivity contribution >= 4 is 17.3 Å². The summed E-state index contributed by atoms with van der Waals surface area (Å²) in [5.74, 6) is 0.897. The van der Waals surface area contributed by atoms with E-state index in [1.165, 1.54) is 12.8 Å². The smallest absolute Gasteiger partial charge is 0.193 e. The van der Waals surface area contributed by atoms with Gasteiger partial charge in [0.05, 0.1) is 12.2 Å². The normalized spacial score (nSPS) is 13.4. The number of hydrogen-bond donors (Lipinski definition) is 1. The number of ether oxygens (including phenoxy) is 1. The van der Waals surface area contributed by atoms with Gasteiger partial charge < -0.3 is 19.9 Å². The van der Waals surface area contributed by atoms with E-state index in [0.29, 0.717) is 0 Å². The van der Waals surface area contributed by atoms with Crippen LogP contribution in [0.4, 0.5) is 0 Å². The Balaban J connectivity index is 2.43. The van der Waals surface area contributed by atoms with Crippen molar-refractivity contribution in [3.63, 3.8) is 0 Å². The number of guanidine groups is 1. The van der Waals surface area contributed by atoms with Gasteiger partial charge in [-0.15, -0.1) is 11.3 Å². The van der Waals surface area contributed by atoms with Gasteiger partial charge in [-0.3, -0.25) is 4.99 Å². The third-order valence-electron chi connectivity index (χ3n) is 3.91. The molecule has 0 fully saturated rings. The van der Waals surface area contributed by atoms with Crippen molar-refractivity contribution in [2.75, 3.05) is 47.9 Å². The minimum Gasteiger partial charge on any atom is -0.375 e. The maximum Gasteiger partial charge on any atom is 0.193 e. The first kappa shape index (κ1) is 20.9. The summed E-state index contributed by atoms with van der Waals surface area (Å²) in [6.45, 7) is 8.02. The molecule has 0 bridgehead atoms. The minimum absolute atomic E-state index is 0.0464. The van der Waals surface area contributed by atoms with Crippen LogP contribution in [0, 0.1) is 0 Å². The molecule has 0 saturated carbocycles. The van der Waals surface area contributed by atoms with Gasteiger partial charge in [0.15, 0.2) is 5.96 Å². The molecule has 0 spiro atoms. The number of aromatic nitrogens is 1. The van der Waals surface area contributed by atoms with Crippen LogP contribution >= 0.6 is 11.3 Å². The van der Waals surface area contributed by atoms with E-state index in [1.807, 2.05) is 21.0 Å². The van der Waals surface area contributed by atoms with Crippen molar-refractivity contribution in [1.82, 2.24) is 20.1 Å². The Morgan fingerprint density at radius 2 is 2.17 bits per heavy atom. The van der Waals surface area contributed by atoms with Crippen LogP contribution in [0.5, 0.6) is 0 Å². The number of nitrogens with one attached hydrogen (secondary N) is 1. The first-order valence-corrected chi connectivity index (χ1v) is 9.47. The van der Waals surface area contributed by atoms with Crippen LogP contribution in [-0.2, 0) is 11.3 Å². The second-order valence-corrected chi connectivity index (χ2v) is 6.93. The highest BCUT2D eigenvalue weighted by atomic mass is 32.1. The van der Waals surface area contributed by atoms with Gasteiger partial charge >= 0.3 is 0 Å². The maximum absolute atomic E-state index is 5.32. The number of hydrogen-bond acceptors (Lipinski definition) is 5. The molecule has 1 atom stereocenters. The van der Waals surface area contributed by atoms with Crippen molar-refractivity contribution in [1.29, 1.82) is 0 Å². The van der Waals surface area contributed by atoms with Crippen molar-refractivity contribution in [2.24, 2.45) is 4.99 Å². The molecule has 6 nitrogen and oxygen atoms in total. The number of likely N-dealkylation sites (N-methyl/N-ethyl adjacent to an activating group) is 1. The van der Waals surface area contributed by atoms with E-state index >= 15 is 0 Å². The molecule has 1 N–H and O–H groups in total. The lowest BCUT2D eigenvalue weighted by Crippen LogP contribution is -2.41. The number of thiazole rings is 1. The Hall–Kier alpha value is -1.18. The first-order valence-electron chi connectivity index (χ1n) is 8.59. The molecule has 1 heterocycles. The molecule has 0 aliphatic carbocycles. The molecule has 0 saturated heterocycles. The van der Waals surface area contributed by atoms with Crippen LogP contribution in [-0.4, -0.2) is 68.6 Å². The van der Waals surface area contributed by atoms with Crippen LogP contribution in [0.2, 0.25) is 0 Å². The summed E-state index contributed by atoms with van der Waals surface area (Å²) in [7, 11) is 7.73. The number of methoxy groups -OCH3 is 1. The van der Waals surface area contributed by atoms with Crippen molar-refractivity contribution < 1.29 is 4.74 Å². The molecule has 0 aliphatic rings. The molecule has 0 radical (unpaired) electrons. The summed E-state index contributed by atoms with van der Waals surface area (Å²) >= 11 is 1.64. The minimum atomic E-state index is 0.0464. The zero-order valence-electron chi connectivity index (χ0n) is 16.0. The van der Waals surface area contributed by atoms with Crippen LogP contribution in [0.15, 0.2) is 10.4 Å². The van der Waals surface area contributed by atoms with Gasteiger partial charge in [0.25, 0.3) is 0 Å². The predicted octanol–water partition coefficient (Wildman–Crippen LogP) is 2.59. The number of unbranched alkanes of at least 4 members (excludes halogenated alkanes) is 1. The number of rotatable bonds is 10. The van der Waals surface area contributed by atoms with Gasteiger partial charge in [-0.1, -0.05) is 13.3 Å². The third-order valence-corrected chi connectivity index (χ3v) is 4.97. The molecular weight excluding hydrogens is 322 g/mol. The lowest BCUT2D eigenvalue weighted by Gasteiger charge is -2.23. The fourth-order valence-corrected chi connectivity index (χ4v) is 3.13. The highest BCUT2D eigenvalue weighted by molar-refractivity contribution is 7.09. The molecule has 138 valence electrons. The van der Waals surface area contributed by atoms with Crippen molar-refractivity contribution in [3.8, 4) is 0 Å². The molecule has 0 aliphatic heterocycles. The zero-order valence-corrected chi connectivity index (χ0v) is 16.8. The highest BCUT2D eigenvalue weighted by Gasteiger charge is 2.12. The monoisotopic (exact) mass is 355 g/mol. The van der Waals surface area contributed by atoms with E-state index in [-0.39, 0.29) is 6.10 Å². The van der Waals surface area contributed by atoms with E-state index in [2.05, 4.69) is 44.4 Å². The molecule has 1 aromatic rings. The fraction of sp³-hybridized carbons (Fsp3) is 0.765. The standard InChI is InChI=1S/C17H33N5OS/c1-7-8-10-21(4)11-9-19-17(18-3)22(5)12-15-13-24-16(20-15)14(2)23-6/h13-14H,7-12H2,1-6H3,(H,18,19). The van der Waals surface area contributed by atoms with E-state index in [0.717, 1.165) is 42.8 Å². The molecule has 7 heteroatoms. The molecule has 0 amide bonds. The van der Waals surface area contributed by atoms with Crippen LogP contribution in [0.1, 0.15) is 43.5 Å². The first-order chi connectivity index (χ1) is 11.5. The fourth-order valence-electron chi connectivity index (χ4n) is 2.28. The van der Waals surface area contributed by atoms with Gasteiger partial charge in [-0.2, -0.15) is 0 Å². The third kappa shape index (κ3) is 7.15. The molecule has 24 heavy (non-hydrogen) atoms. The zero-order chi connectivity index (χ0) is 17.9. The topological polar surface area (TPSA) is 53.0 Å². The molecule has 1 unspecified atom stereocenters. The highest BCUT2D eigenvalue weighted by Crippen LogP contribution is 2.20. The van der Waals surface area contributed by atoms with E-state index < -0.39 is 0 Å². The summed E-state index contributed by atoms with van der Waals surface area (Å²) in [6, 6.07) is 0. The van der Waals surface area contributed by atoms with Crippen molar-refractivity contribution in [3.05, 3.63) is 16.1 Å². The second-order valence-electron chi connectivity index (χ2n) is 6.04. The molecule has 0 aromatic carbocycles. The Bertz CT molecular complexity index is 491. The quantitative estimate of drug-likeness (QED) is 0.516. The van der Waals surface area contributed by atoms with Gasteiger partial charge in [0, 0.05) is 39.7 Å². The van der Waals surface area contributed by atoms with Crippen LogP contribution < -0.4 is 5.32 Å². The molecular formula is C17H33N5OS. The average molecular weight is 356 g/mol. The van der Waals surface area contributed by atoms with Gasteiger partial charge in [0.2, 0.25) is 0 Å². The summed E-state index contributed by atoms with van der Waals surface area (Å²) in [5.41, 5.74) is 1.05. The van der Waals surface area contributed by atoms with Gasteiger partial charge in [-0.05, 0) is 26.9 Å². The lowest BCUT2D eigenvalue weighted by atomic mass is 10.3. The number of aliphatic imine (C=N–C) groups is 1. The second kappa shape index (κ2) is 11.4. The molecule has 1 aromatic heterocycles. The van der Waals surface area contributed by atoms with Crippen LogP contribution in [0.3, 0.4) is 0 Å². The maximum atomic E-state index is 5.32. The van der Waals surface area contributed by atoms with E-state index in [9.17, 15) is 0 Å². The van der Waals surface area contributed by atoms with Crippen LogP contribution in [0.25, 0.3) is 0 Å². The Morgan fingerprint density at radius 3 is 2.79 bits per heavy atom. The summed E-state index contributed by atoms with van der Waals surface area (Å²) < 4.78 is 5.32. The average Bonchev–Trinajstić information content (AvgIpc) is 3.04. The van der Waals surface area contributed by atoms with Gasteiger partial charge in [-0.25, -0.2) is 4.98 Å². The lowest BCUT2D eigenvalue weighted by molar-refractivity contribution is 0.119. The van der Waals surface area contributed by atoms with E-state index in [1.54, 1.807) is 18.4 Å². The molecule has 1 rings (SSSR count). The van der Waals surface area contributed by atoms with E-state index in [4.69, 9.17) is 4.74 Å². The number of nitrogens with zero attached hydrogens (tertiary/aromatic N) is 4. The Labute approximate surface area is 150 Å². The SMILES string of the molecule is CCCCN(C)CCNC(=NC)N(C)Cc1csc(C(C)OC)n1. The Kier molecular flexibility index (Phi) is 9.90. The summed E-state index contributed by atoms with van der Waals surface area (Å²) in [5, 5.41) is 6.53. The summed E-state index contributed by atoms with van der Waals surface area (Å²) in [4.78, 5) is 13.5.